The minimum atomic E-state index is 0.772. The molecule has 0 bridgehead atoms. The molecule has 92 valence electrons. The number of benzene rings is 2. The molecule has 0 atom stereocenters. The first-order valence-corrected chi connectivity index (χ1v) is 6.99. The number of aldehydes is 1. The van der Waals surface area contributed by atoms with E-state index in [4.69, 9.17) is 0 Å². The minimum absolute atomic E-state index is 0.772. The van der Waals surface area contributed by atoms with Crippen molar-refractivity contribution in [3.8, 4) is 11.1 Å². The first-order chi connectivity index (χ1) is 8.65. The third-order valence-electron chi connectivity index (χ3n) is 3.16. The summed E-state index contributed by atoms with van der Waals surface area (Å²) < 4.78 is 0. The summed E-state index contributed by atoms with van der Waals surface area (Å²) in [6.45, 7) is 4.01. The number of halogens is 1. The molecular formula is C16H15BrO. The Bertz CT molecular complexity index is 570. The molecule has 0 spiro atoms. The van der Waals surface area contributed by atoms with Gasteiger partial charge in [0.1, 0.15) is 6.29 Å². The Labute approximate surface area is 116 Å². The Hall–Kier alpha value is -1.41. The van der Waals surface area contributed by atoms with Gasteiger partial charge < -0.3 is 0 Å². The molecule has 1 nitrogen and oxygen atoms in total. The van der Waals surface area contributed by atoms with Gasteiger partial charge in [0.2, 0.25) is 0 Å². The highest BCUT2D eigenvalue weighted by Gasteiger charge is 2.06. The summed E-state index contributed by atoms with van der Waals surface area (Å²) in [6.07, 6.45) is 0.917. The summed E-state index contributed by atoms with van der Waals surface area (Å²) in [7, 11) is 0. The van der Waals surface area contributed by atoms with Gasteiger partial charge in [0.05, 0.1) is 0 Å². The van der Waals surface area contributed by atoms with Gasteiger partial charge in [-0.15, -0.1) is 0 Å². The molecule has 0 N–H and O–H groups in total. The lowest BCUT2D eigenvalue weighted by Crippen LogP contribution is -1.92. The first-order valence-electron chi connectivity index (χ1n) is 5.87. The molecular weight excluding hydrogens is 288 g/mol. The average Bonchev–Trinajstić information content (AvgIpc) is 2.41. The lowest BCUT2D eigenvalue weighted by Gasteiger charge is -2.10. The van der Waals surface area contributed by atoms with Gasteiger partial charge in [-0.2, -0.15) is 0 Å². The standard InChI is InChI=1S/C16H15BrO/c1-11-8-16(12(2)7-15(11)10-18)14-5-3-13(9-17)4-6-14/h3-8,10H,9H2,1-2H3. The van der Waals surface area contributed by atoms with Crippen LogP contribution in [0.2, 0.25) is 0 Å². The molecule has 0 radical (unpaired) electrons. The van der Waals surface area contributed by atoms with Crippen molar-refractivity contribution in [2.24, 2.45) is 0 Å². The van der Waals surface area contributed by atoms with E-state index in [-0.39, 0.29) is 0 Å². The van der Waals surface area contributed by atoms with Crippen LogP contribution in [0, 0.1) is 13.8 Å². The van der Waals surface area contributed by atoms with Crippen molar-refractivity contribution >= 4 is 22.2 Å². The topological polar surface area (TPSA) is 17.1 Å². The molecule has 0 saturated carbocycles. The van der Waals surface area contributed by atoms with Crippen LogP contribution in [0.4, 0.5) is 0 Å². The highest BCUT2D eigenvalue weighted by molar-refractivity contribution is 9.08. The van der Waals surface area contributed by atoms with Crippen LogP contribution in [0.25, 0.3) is 11.1 Å². The summed E-state index contributed by atoms with van der Waals surface area (Å²) in [4.78, 5) is 10.9. The van der Waals surface area contributed by atoms with Gasteiger partial charge in [0.15, 0.2) is 0 Å². The second-order valence-corrected chi connectivity index (χ2v) is 5.03. The molecule has 18 heavy (non-hydrogen) atoms. The fourth-order valence-corrected chi connectivity index (χ4v) is 2.42. The predicted octanol–water partition coefficient (Wildman–Crippen LogP) is 4.68. The van der Waals surface area contributed by atoms with E-state index in [9.17, 15) is 4.79 Å². The number of hydrogen-bond acceptors (Lipinski definition) is 1. The maximum Gasteiger partial charge on any atom is 0.150 e. The summed E-state index contributed by atoms with van der Waals surface area (Å²) in [5.41, 5.74) is 6.58. The Morgan fingerprint density at radius 1 is 1.06 bits per heavy atom. The summed E-state index contributed by atoms with van der Waals surface area (Å²) in [6, 6.07) is 12.5. The number of alkyl halides is 1. The van der Waals surface area contributed by atoms with Crippen molar-refractivity contribution in [3.05, 3.63) is 58.7 Å². The lowest BCUT2D eigenvalue weighted by molar-refractivity contribution is 0.112. The van der Waals surface area contributed by atoms with Gasteiger partial charge in [-0.1, -0.05) is 46.3 Å². The van der Waals surface area contributed by atoms with E-state index in [2.05, 4.69) is 46.3 Å². The highest BCUT2D eigenvalue weighted by atomic mass is 79.9. The SMILES string of the molecule is Cc1cc(-c2ccc(CBr)cc2)c(C)cc1C=O. The van der Waals surface area contributed by atoms with Crippen LogP contribution in [-0.4, -0.2) is 6.29 Å². The van der Waals surface area contributed by atoms with Crippen LogP contribution in [0.5, 0.6) is 0 Å². The van der Waals surface area contributed by atoms with Crippen molar-refractivity contribution < 1.29 is 4.79 Å². The Morgan fingerprint density at radius 3 is 2.28 bits per heavy atom. The smallest absolute Gasteiger partial charge is 0.150 e. The van der Waals surface area contributed by atoms with Crippen LogP contribution >= 0.6 is 15.9 Å². The van der Waals surface area contributed by atoms with E-state index in [1.807, 2.05) is 19.9 Å². The van der Waals surface area contributed by atoms with E-state index >= 15 is 0 Å². The zero-order valence-electron chi connectivity index (χ0n) is 10.5. The largest absolute Gasteiger partial charge is 0.298 e. The van der Waals surface area contributed by atoms with E-state index in [0.717, 1.165) is 28.3 Å². The zero-order valence-corrected chi connectivity index (χ0v) is 12.1. The molecule has 0 aliphatic carbocycles. The second-order valence-electron chi connectivity index (χ2n) is 4.47. The molecule has 2 heteroatoms. The molecule has 0 aliphatic heterocycles. The molecule has 0 amide bonds. The maximum atomic E-state index is 10.9. The Kier molecular flexibility index (Phi) is 3.97. The fraction of sp³-hybridized carbons (Fsp3) is 0.188. The molecule has 0 aliphatic rings. The summed E-state index contributed by atoms with van der Waals surface area (Å²) >= 11 is 3.44. The van der Waals surface area contributed by atoms with Gasteiger partial charge in [0.25, 0.3) is 0 Å². The van der Waals surface area contributed by atoms with Gasteiger partial charge >= 0.3 is 0 Å². The van der Waals surface area contributed by atoms with Gasteiger partial charge in [-0.3, -0.25) is 4.79 Å². The van der Waals surface area contributed by atoms with E-state index in [1.165, 1.54) is 16.7 Å². The Balaban J connectivity index is 2.49. The van der Waals surface area contributed by atoms with E-state index in [0.29, 0.717) is 0 Å². The summed E-state index contributed by atoms with van der Waals surface area (Å²) in [5, 5.41) is 0.870. The molecule has 0 unspecified atom stereocenters. The fourth-order valence-electron chi connectivity index (χ4n) is 2.05. The zero-order chi connectivity index (χ0) is 13.1. The third kappa shape index (κ3) is 2.54. The van der Waals surface area contributed by atoms with Gasteiger partial charge in [0, 0.05) is 10.9 Å². The van der Waals surface area contributed by atoms with E-state index < -0.39 is 0 Å². The lowest BCUT2D eigenvalue weighted by atomic mass is 9.95. The monoisotopic (exact) mass is 302 g/mol. The third-order valence-corrected chi connectivity index (χ3v) is 3.81. The van der Waals surface area contributed by atoms with Crippen LogP contribution < -0.4 is 0 Å². The normalized spacial score (nSPS) is 10.4. The maximum absolute atomic E-state index is 10.9. The molecule has 0 heterocycles. The van der Waals surface area contributed by atoms with Crippen molar-refractivity contribution in [2.45, 2.75) is 19.2 Å². The molecule has 2 rings (SSSR count). The predicted molar refractivity (Wildman–Crippen MR) is 79.4 cm³/mol. The molecule has 2 aromatic rings. The van der Waals surface area contributed by atoms with Crippen molar-refractivity contribution in [3.63, 3.8) is 0 Å². The molecule has 2 aromatic carbocycles. The highest BCUT2D eigenvalue weighted by Crippen LogP contribution is 2.26. The van der Waals surface area contributed by atoms with E-state index in [1.54, 1.807) is 0 Å². The number of hydrogen-bond donors (Lipinski definition) is 0. The minimum Gasteiger partial charge on any atom is -0.298 e. The summed E-state index contributed by atoms with van der Waals surface area (Å²) in [5.74, 6) is 0. The van der Waals surface area contributed by atoms with Gasteiger partial charge in [-0.25, -0.2) is 0 Å². The Morgan fingerprint density at radius 2 is 1.72 bits per heavy atom. The number of aryl methyl sites for hydroxylation is 2. The number of carbonyl (C=O) groups is 1. The van der Waals surface area contributed by atoms with Crippen molar-refractivity contribution in [1.82, 2.24) is 0 Å². The number of rotatable bonds is 3. The second kappa shape index (κ2) is 5.49. The average molecular weight is 303 g/mol. The van der Waals surface area contributed by atoms with Crippen molar-refractivity contribution in [1.29, 1.82) is 0 Å². The van der Waals surface area contributed by atoms with Crippen LogP contribution in [0.1, 0.15) is 27.0 Å². The molecule has 0 aromatic heterocycles. The van der Waals surface area contributed by atoms with Crippen LogP contribution in [-0.2, 0) is 5.33 Å². The molecule has 0 fully saturated rings. The van der Waals surface area contributed by atoms with Crippen molar-refractivity contribution in [2.75, 3.05) is 0 Å². The quantitative estimate of drug-likeness (QED) is 0.594. The molecule has 0 saturated heterocycles. The number of carbonyl (C=O) groups excluding carboxylic acids is 1. The van der Waals surface area contributed by atoms with Crippen LogP contribution in [0.15, 0.2) is 36.4 Å². The van der Waals surface area contributed by atoms with Gasteiger partial charge in [-0.05, 0) is 47.7 Å². The van der Waals surface area contributed by atoms with Crippen LogP contribution in [0.3, 0.4) is 0 Å². The first kappa shape index (κ1) is 13.0.